The molecule has 3 rings (SSSR count). The van der Waals surface area contributed by atoms with E-state index in [9.17, 15) is 9.59 Å². The van der Waals surface area contributed by atoms with Crippen LogP contribution in [0.2, 0.25) is 0 Å². The molecule has 2 aromatic rings. The summed E-state index contributed by atoms with van der Waals surface area (Å²) >= 11 is 0. The van der Waals surface area contributed by atoms with Crippen molar-refractivity contribution in [1.82, 2.24) is 14.9 Å². The quantitative estimate of drug-likeness (QED) is 0.784. The van der Waals surface area contributed by atoms with Crippen LogP contribution in [0.1, 0.15) is 29.0 Å². The molecule has 2 heterocycles. The molecule has 1 aliphatic heterocycles. The maximum atomic E-state index is 12.3. The maximum absolute atomic E-state index is 12.3. The van der Waals surface area contributed by atoms with E-state index in [4.69, 9.17) is 14.2 Å². The van der Waals surface area contributed by atoms with Gasteiger partial charge < -0.3 is 18.8 Å². The van der Waals surface area contributed by atoms with Crippen LogP contribution in [0.3, 0.4) is 0 Å². The topological polar surface area (TPSA) is 91.7 Å². The summed E-state index contributed by atoms with van der Waals surface area (Å²) in [5.74, 6) is -1.33. The molecule has 1 N–H and O–H groups in total. The molecule has 0 bridgehead atoms. The molecule has 0 aliphatic carbocycles. The molecule has 1 aromatic heterocycles. The Hall–Kier alpha value is -2.71. The van der Waals surface area contributed by atoms with E-state index in [2.05, 4.69) is 10.3 Å². The maximum Gasteiger partial charge on any atom is 0.357 e. The third-order valence-corrected chi connectivity index (χ3v) is 3.82. The molecule has 1 fully saturated rings. The molecule has 0 saturated carbocycles. The lowest BCUT2D eigenvalue weighted by Crippen LogP contribution is -2.31. The van der Waals surface area contributed by atoms with E-state index in [0.717, 1.165) is 5.56 Å². The van der Waals surface area contributed by atoms with Gasteiger partial charge in [0.05, 0.1) is 25.2 Å². The van der Waals surface area contributed by atoms with Crippen LogP contribution >= 0.6 is 0 Å². The lowest BCUT2D eigenvalue weighted by atomic mass is 10.1. The van der Waals surface area contributed by atoms with Gasteiger partial charge in [0, 0.05) is 6.54 Å². The number of nitrogens with one attached hydrogen (secondary N) is 1. The van der Waals surface area contributed by atoms with Crippen molar-refractivity contribution in [1.29, 1.82) is 0 Å². The standard InChI is InChI=1S/C17H19N3O5/c1-12(13-5-3-2-4-6-13)20-11-18-9-14(20)16(22)24-10-15(21)25-17-19-7-8-23-17/h2-6,9,11-12,17,19H,7-8,10H2,1H3. The van der Waals surface area contributed by atoms with Crippen LogP contribution < -0.4 is 5.32 Å². The van der Waals surface area contributed by atoms with Crippen molar-refractivity contribution in [2.45, 2.75) is 19.4 Å². The summed E-state index contributed by atoms with van der Waals surface area (Å²) in [5.41, 5.74) is 1.29. The number of carbonyl (C=O) groups excluding carboxylic acids is 2. The van der Waals surface area contributed by atoms with E-state index in [1.807, 2.05) is 37.3 Å². The normalized spacial score (nSPS) is 17.9. The Morgan fingerprint density at radius 3 is 2.92 bits per heavy atom. The molecule has 0 spiro atoms. The zero-order valence-corrected chi connectivity index (χ0v) is 13.8. The number of benzene rings is 1. The number of nitrogens with zero attached hydrogens (tertiary/aromatic N) is 2. The average molecular weight is 345 g/mol. The van der Waals surface area contributed by atoms with Gasteiger partial charge in [-0.3, -0.25) is 5.32 Å². The highest BCUT2D eigenvalue weighted by Crippen LogP contribution is 2.19. The number of imidazole rings is 1. The number of rotatable bonds is 6. The number of ether oxygens (including phenoxy) is 3. The Bertz CT molecular complexity index is 725. The van der Waals surface area contributed by atoms with Gasteiger partial charge in [-0.05, 0) is 12.5 Å². The summed E-state index contributed by atoms with van der Waals surface area (Å²) in [6.45, 7) is 2.53. The highest BCUT2D eigenvalue weighted by Gasteiger charge is 2.22. The molecule has 2 atom stereocenters. The van der Waals surface area contributed by atoms with Crippen molar-refractivity contribution in [2.75, 3.05) is 19.8 Å². The fourth-order valence-corrected chi connectivity index (χ4v) is 2.49. The monoisotopic (exact) mass is 345 g/mol. The second-order valence-corrected chi connectivity index (χ2v) is 5.50. The van der Waals surface area contributed by atoms with Crippen molar-refractivity contribution in [3.63, 3.8) is 0 Å². The lowest BCUT2D eigenvalue weighted by Gasteiger charge is -2.16. The highest BCUT2D eigenvalue weighted by atomic mass is 16.7. The van der Waals surface area contributed by atoms with Crippen LogP contribution in [0.25, 0.3) is 0 Å². The molecule has 1 saturated heterocycles. The predicted octanol–water partition coefficient (Wildman–Crippen LogP) is 1.10. The van der Waals surface area contributed by atoms with Gasteiger partial charge in [0.2, 0.25) is 0 Å². The number of hydrogen-bond donors (Lipinski definition) is 1. The number of hydrogen-bond acceptors (Lipinski definition) is 7. The third-order valence-electron chi connectivity index (χ3n) is 3.82. The van der Waals surface area contributed by atoms with Crippen molar-refractivity contribution in [3.05, 3.63) is 54.1 Å². The van der Waals surface area contributed by atoms with Gasteiger partial charge in [-0.15, -0.1) is 0 Å². The van der Waals surface area contributed by atoms with Gasteiger partial charge in [-0.25, -0.2) is 14.6 Å². The van der Waals surface area contributed by atoms with Crippen LogP contribution in [-0.4, -0.2) is 47.7 Å². The van der Waals surface area contributed by atoms with Gasteiger partial charge in [-0.1, -0.05) is 30.3 Å². The first-order valence-corrected chi connectivity index (χ1v) is 7.93. The van der Waals surface area contributed by atoms with Crippen LogP contribution in [0.4, 0.5) is 0 Å². The summed E-state index contributed by atoms with van der Waals surface area (Å²) in [7, 11) is 0. The van der Waals surface area contributed by atoms with E-state index >= 15 is 0 Å². The first-order valence-electron chi connectivity index (χ1n) is 7.93. The van der Waals surface area contributed by atoms with Gasteiger partial charge in [-0.2, -0.15) is 0 Å². The smallest absolute Gasteiger partial charge is 0.357 e. The Morgan fingerprint density at radius 2 is 2.20 bits per heavy atom. The number of esters is 2. The van der Waals surface area contributed by atoms with E-state index in [1.165, 1.54) is 6.20 Å². The molecule has 1 aliphatic rings. The second-order valence-electron chi connectivity index (χ2n) is 5.50. The van der Waals surface area contributed by atoms with Crippen LogP contribution in [0.15, 0.2) is 42.9 Å². The highest BCUT2D eigenvalue weighted by molar-refractivity contribution is 5.89. The van der Waals surface area contributed by atoms with Crippen molar-refractivity contribution in [3.8, 4) is 0 Å². The van der Waals surface area contributed by atoms with Crippen molar-refractivity contribution in [2.24, 2.45) is 0 Å². The molecule has 132 valence electrons. The Morgan fingerprint density at radius 1 is 1.40 bits per heavy atom. The molecule has 1 aromatic carbocycles. The summed E-state index contributed by atoms with van der Waals surface area (Å²) in [4.78, 5) is 28.0. The average Bonchev–Trinajstić information content (AvgIpc) is 3.31. The Labute approximate surface area is 144 Å². The first-order chi connectivity index (χ1) is 12.1. The Balaban J connectivity index is 1.59. The summed E-state index contributed by atoms with van der Waals surface area (Å²) in [5, 5.41) is 2.83. The molecule has 2 unspecified atom stereocenters. The van der Waals surface area contributed by atoms with E-state index in [-0.39, 0.29) is 11.7 Å². The minimum Gasteiger partial charge on any atom is -0.449 e. The van der Waals surface area contributed by atoms with E-state index in [0.29, 0.717) is 13.2 Å². The predicted molar refractivity (Wildman–Crippen MR) is 86.6 cm³/mol. The molecular formula is C17H19N3O5. The lowest BCUT2D eigenvalue weighted by molar-refractivity contribution is -0.176. The SMILES string of the molecule is CC(c1ccccc1)n1cncc1C(=O)OCC(=O)OC1NCCO1. The minimum atomic E-state index is -0.783. The van der Waals surface area contributed by atoms with E-state index < -0.39 is 25.0 Å². The van der Waals surface area contributed by atoms with Gasteiger partial charge >= 0.3 is 11.9 Å². The largest absolute Gasteiger partial charge is 0.449 e. The molecular weight excluding hydrogens is 326 g/mol. The molecule has 0 radical (unpaired) electrons. The second kappa shape index (κ2) is 7.91. The first kappa shape index (κ1) is 17.1. The van der Waals surface area contributed by atoms with Crippen LogP contribution in [0, 0.1) is 0 Å². The number of aromatic nitrogens is 2. The van der Waals surface area contributed by atoms with Crippen molar-refractivity contribution < 1.29 is 23.8 Å². The molecule has 8 nitrogen and oxygen atoms in total. The fourth-order valence-electron chi connectivity index (χ4n) is 2.49. The molecule has 8 heteroatoms. The Kier molecular flexibility index (Phi) is 5.42. The summed E-state index contributed by atoms with van der Waals surface area (Å²) < 4.78 is 16.8. The van der Waals surface area contributed by atoms with E-state index in [1.54, 1.807) is 10.9 Å². The van der Waals surface area contributed by atoms with Gasteiger partial charge in [0.25, 0.3) is 6.41 Å². The van der Waals surface area contributed by atoms with Gasteiger partial charge in [0.15, 0.2) is 6.61 Å². The van der Waals surface area contributed by atoms with Gasteiger partial charge in [0.1, 0.15) is 5.69 Å². The zero-order chi connectivity index (χ0) is 17.6. The molecule has 25 heavy (non-hydrogen) atoms. The summed E-state index contributed by atoms with van der Waals surface area (Å²) in [6.07, 6.45) is 2.19. The minimum absolute atomic E-state index is 0.103. The fraction of sp³-hybridized carbons (Fsp3) is 0.353. The molecule has 0 amide bonds. The third kappa shape index (κ3) is 4.23. The number of carbonyl (C=O) groups is 2. The van der Waals surface area contributed by atoms with Crippen LogP contribution in [-0.2, 0) is 19.0 Å². The zero-order valence-electron chi connectivity index (χ0n) is 13.8. The van der Waals surface area contributed by atoms with Crippen molar-refractivity contribution >= 4 is 11.9 Å². The van der Waals surface area contributed by atoms with Crippen LogP contribution in [0.5, 0.6) is 0 Å². The summed E-state index contributed by atoms with van der Waals surface area (Å²) in [6, 6.07) is 9.60.